The zero-order valence-corrected chi connectivity index (χ0v) is 34.3. The van der Waals surface area contributed by atoms with Gasteiger partial charge in [-0.15, -0.1) is 0 Å². The summed E-state index contributed by atoms with van der Waals surface area (Å²) in [5.41, 5.74) is 15.2. The summed E-state index contributed by atoms with van der Waals surface area (Å²) in [5, 5.41) is 0. The van der Waals surface area contributed by atoms with Gasteiger partial charge in [0.2, 0.25) is 0 Å². The summed E-state index contributed by atoms with van der Waals surface area (Å²) in [6, 6.07) is 42.8. The van der Waals surface area contributed by atoms with E-state index in [1.165, 1.54) is 27.8 Å². The van der Waals surface area contributed by atoms with E-state index in [-0.39, 0.29) is 22.4 Å². The molecular formula is C53H54O2. The number of aryl methyl sites for hydroxylation is 4. The summed E-state index contributed by atoms with van der Waals surface area (Å²) < 4.78 is 0. The highest BCUT2D eigenvalue weighted by molar-refractivity contribution is 6.12. The second-order valence-corrected chi connectivity index (χ2v) is 17.3. The van der Waals surface area contributed by atoms with Crippen LogP contribution in [0.25, 0.3) is 11.1 Å². The van der Waals surface area contributed by atoms with Crippen LogP contribution in [0.2, 0.25) is 0 Å². The number of fused-ring (bicyclic) bond motifs is 3. The van der Waals surface area contributed by atoms with Gasteiger partial charge in [0, 0.05) is 22.3 Å². The third-order valence-electron chi connectivity index (χ3n) is 12.5. The lowest BCUT2D eigenvalue weighted by Crippen LogP contribution is -2.30. The molecule has 0 aromatic heterocycles. The number of ketones is 2. The van der Waals surface area contributed by atoms with Crippen molar-refractivity contribution in [2.24, 2.45) is 0 Å². The molecule has 0 spiro atoms. The van der Waals surface area contributed by atoms with E-state index in [9.17, 15) is 9.59 Å². The maximum absolute atomic E-state index is 14.6. The Kier molecular flexibility index (Phi) is 9.70. The summed E-state index contributed by atoms with van der Waals surface area (Å²) in [6.07, 6.45) is 1.79. The highest BCUT2D eigenvalue weighted by Gasteiger charge is 2.47. The summed E-state index contributed by atoms with van der Waals surface area (Å²) in [4.78, 5) is 29.1. The van der Waals surface area contributed by atoms with Gasteiger partial charge in [-0.3, -0.25) is 9.59 Å². The van der Waals surface area contributed by atoms with Crippen molar-refractivity contribution in [3.8, 4) is 11.1 Å². The Bertz CT molecular complexity index is 2490. The molecule has 0 heterocycles. The number of rotatable bonds is 9. The van der Waals surface area contributed by atoms with Gasteiger partial charge in [0.15, 0.2) is 11.6 Å². The molecule has 0 aliphatic heterocycles. The van der Waals surface area contributed by atoms with Gasteiger partial charge >= 0.3 is 0 Å². The van der Waals surface area contributed by atoms with Gasteiger partial charge in [0.25, 0.3) is 0 Å². The van der Waals surface area contributed by atoms with Crippen LogP contribution in [0.5, 0.6) is 0 Å². The Morgan fingerprint density at radius 2 is 0.982 bits per heavy atom. The van der Waals surface area contributed by atoms with Crippen LogP contribution >= 0.6 is 0 Å². The smallest absolute Gasteiger partial charge is 0.193 e. The number of hydrogen-bond acceptors (Lipinski definition) is 2. The first-order valence-corrected chi connectivity index (χ1v) is 19.9. The normalized spacial score (nSPS) is 15.1. The topological polar surface area (TPSA) is 34.1 Å². The van der Waals surface area contributed by atoms with Crippen molar-refractivity contribution in [3.05, 3.63) is 199 Å². The molecule has 55 heavy (non-hydrogen) atoms. The largest absolute Gasteiger partial charge is 0.289 e. The summed E-state index contributed by atoms with van der Waals surface area (Å²) in [5.74, 6) is 0.0537. The molecule has 1 aliphatic carbocycles. The van der Waals surface area contributed by atoms with E-state index in [2.05, 4.69) is 127 Å². The average Bonchev–Trinajstić information content (AvgIpc) is 3.47. The lowest BCUT2D eigenvalue weighted by molar-refractivity contribution is 0.102. The monoisotopic (exact) mass is 722 g/mol. The lowest BCUT2D eigenvalue weighted by Gasteiger charge is -2.35. The third-order valence-corrected chi connectivity index (χ3v) is 12.5. The van der Waals surface area contributed by atoms with Gasteiger partial charge in [-0.25, -0.2) is 0 Å². The quantitative estimate of drug-likeness (QED) is 0.139. The lowest BCUT2D eigenvalue weighted by atomic mass is 9.66. The van der Waals surface area contributed by atoms with Crippen LogP contribution in [0.15, 0.2) is 121 Å². The van der Waals surface area contributed by atoms with Crippen molar-refractivity contribution in [3.63, 3.8) is 0 Å². The highest BCUT2D eigenvalue weighted by atomic mass is 16.1. The second-order valence-electron chi connectivity index (χ2n) is 17.3. The van der Waals surface area contributed by atoms with Gasteiger partial charge in [0.1, 0.15) is 0 Å². The first-order chi connectivity index (χ1) is 26.1. The fourth-order valence-corrected chi connectivity index (χ4v) is 8.58. The van der Waals surface area contributed by atoms with E-state index in [4.69, 9.17) is 0 Å². The summed E-state index contributed by atoms with van der Waals surface area (Å²) in [6.45, 7) is 21.9. The van der Waals surface area contributed by atoms with E-state index < -0.39 is 5.41 Å². The third kappa shape index (κ3) is 6.30. The maximum atomic E-state index is 14.6. The van der Waals surface area contributed by atoms with Gasteiger partial charge in [-0.05, 0) is 123 Å². The Labute approximate surface area is 328 Å². The molecule has 7 rings (SSSR count). The van der Waals surface area contributed by atoms with Crippen LogP contribution in [0.3, 0.4) is 0 Å². The number of carbonyl (C=O) groups excluding carboxylic acids is 2. The molecule has 0 amide bonds. The van der Waals surface area contributed by atoms with Gasteiger partial charge in [-0.2, -0.15) is 0 Å². The van der Waals surface area contributed by atoms with Crippen LogP contribution in [0.4, 0.5) is 0 Å². The van der Waals surface area contributed by atoms with Crippen molar-refractivity contribution in [1.82, 2.24) is 0 Å². The first-order valence-electron chi connectivity index (χ1n) is 19.9. The Morgan fingerprint density at radius 1 is 0.509 bits per heavy atom. The summed E-state index contributed by atoms with van der Waals surface area (Å²) >= 11 is 0. The standard InChI is InChI=1S/C53H54O2/c1-11-36-18-14-16-20-42(36)50(55)44-32-40(24-22-35(44)5)53(39-23-21-34(4)43(31-39)49(54)41-19-15-13-17-33(41)3)47-27-25-37(51(6,7)8)29-45(47)46-30-38(26-28-48(46)53)52(9,10)12-2/h13-32H,11-12H2,1-10H3. The van der Waals surface area contributed by atoms with E-state index in [0.717, 1.165) is 57.3 Å². The van der Waals surface area contributed by atoms with Crippen molar-refractivity contribution in [1.29, 1.82) is 0 Å². The molecule has 0 saturated carbocycles. The molecule has 1 unspecified atom stereocenters. The molecule has 278 valence electrons. The minimum Gasteiger partial charge on any atom is -0.289 e. The van der Waals surface area contributed by atoms with E-state index in [1.807, 2.05) is 63.2 Å². The molecule has 1 aliphatic rings. The SMILES string of the molecule is CCc1ccccc1C(=O)c1cc(C2(c3ccc(C)c(C(=O)c4ccccc4C)c3)c3ccc(C(C)(C)C)cc3-c3cc(C(C)(C)CC)ccc32)ccc1C. The first kappa shape index (κ1) is 38.0. The second kappa shape index (κ2) is 14.1. The Hall–Kier alpha value is -5.34. The highest BCUT2D eigenvalue weighted by Crippen LogP contribution is 2.58. The molecule has 0 bridgehead atoms. The molecule has 1 atom stereocenters. The molecule has 0 radical (unpaired) electrons. The fourth-order valence-electron chi connectivity index (χ4n) is 8.58. The maximum Gasteiger partial charge on any atom is 0.193 e. The minimum atomic E-state index is -0.808. The predicted octanol–water partition coefficient (Wildman–Crippen LogP) is 13.0. The molecule has 2 nitrogen and oxygen atoms in total. The van der Waals surface area contributed by atoms with Gasteiger partial charge < -0.3 is 0 Å². The van der Waals surface area contributed by atoms with Gasteiger partial charge in [0.05, 0.1) is 5.41 Å². The van der Waals surface area contributed by atoms with E-state index in [1.54, 1.807) is 0 Å². The predicted molar refractivity (Wildman–Crippen MR) is 229 cm³/mol. The average molecular weight is 723 g/mol. The number of carbonyl (C=O) groups is 2. The fraction of sp³-hybridized carbons (Fsp3) is 0.283. The van der Waals surface area contributed by atoms with Crippen molar-refractivity contribution >= 4 is 11.6 Å². The van der Waals surface area contributed by atoms with E-state index in [0.29, 0.717) is 16.7 Å². The van der Waals surface area contributed by atoms with Crippen molar-refractivity contribution < 1.29 is 9.59 Å². The van der Waals surface area contributed by atoms with Crippen molar-refractivity contribution in [2.75, 3.05) is 0 Å². The Balaban J connectivity index is 1.59. The zero-order valence-electron chi connectivity index (χ0n) is 34.3. The van der Waals surface area contributed by atoms with Crippen LogP contribution in [0.1, 0.15) is 142 Å². The van der Waals surface area contributed by atoms with Crippen LogP contribution in [0, 0.1) is 20.8 Å². The van der Waals surface area contributed by atoms with Gasteiger partial charge in [-0.1, -0.05) is 158 Å². The molecular weight excluding hydrogens is 669 g/mol. The molecule has 0 N–H and O–H groups in total. The number of benzene rings is 6. The zero-order chi connectivity index (χ0) is 39.4. The molecule has 6 aromatic rings. The summed E-state index contributed by atoms with van der Waals surface area (Å²) in [7, 11) is 0. The number of hydrogen-bond donors (Lipinski definition) is 0. The van der Waals surface area contributed by atoms with Crippen molar-refractivity contribution in [2.45, 2.75) is 98.3 Å². The molecule has 2 heteroatoms. The van der Waals surface area contributed by atoms with Crippen LogP contribution in [-0.2, 0) is 22.7 Å². The molecule has 0 saturated heterocycles. The van der Waals surface area contributed by atoms with Crippen LogP contribution in [-0.4, -0.2) is 11.6 Å². The molecule has 0 fully saturated rings. The minimum absolute atomic E-state index is 0.0186. The van der Waals surface area contributed by atoms with E-state index >= 15 is 0 Å². The molecule has 6 aromatic carbocycles. The Morgan fingerprint density at radius 3 is 1.51 bits per heavy atom. The van der Waals surface area contributed by atoms with Crippen LogP contribution < -0.4 is 0 Å².